The lowest BCUT2D eigenvalue weighted by Gasteiger charge is -2.35. The summed E-state index contributed by atoms with van der Waals surface area (Å²) in [6, 6.07) is -0.799. The van der Waals surface area contributed by atoms with Crippen LogP contribution < -0.4 is 0 Å². The fourth-order valence-corrected chi connectivity index (χ4v) is 2.06. The third-order valence-electron chi connectivity index (χ3n) is 2.81. The number of nitrogens with zero attached hydrogens (tertiary/aromatic N) is 3. The van der Waals surface area contributed by atoms with Crippen LogP contribution >= 0.6 is 0 Å². The van der Waals surface area contributed by atoms with Gasteiger partial charge in [-0.2, -0.15) is 0 Å². The monoisotopic (exact) mass is 297 g/mol. The highest BCUT2D eigenvalue weighted by Crippen LogP contribution is 2.31. The van der Waals surface area contributed by atoms with Crippen molar-refractivity contribution in [1.29, 1.82) is 0 Å². The molecule has 0 unspecified atom stereocenters. The molecule has 0 aromatic heterocycles. The van der Waals surface area contributed by atoms with Gasteiger partial charge in [-0.05, 0) is 11.6 Å². The van der Waals surface area contributed by atoms with Gasteiger partial charge in [-0.3, -0.25) is 9.59 Å². The Labute approximate surface area is 120 Å². The summed E-state index contributed by atoms with van der Waals surface area (Å²) in [5, 5.41) is 3.47. The zero-order chi connectivity index (χ0) is 16.0. The standard InChI is InChI=1S/C12H15N3O6/c1-7(16)20-10-6-12(11(18)19-3,21-8(2)17)5-4-9(10)14-15-13/h4-5,9-10H,6H2,1-3H3/t9-,10+,12-/m0/s1. The largest absolute Gasteiger partial charge is 0.466 e. The number of hydrogen-bond donors (Lipinski definition) is 0. The molecule has 9 heteroatoms. The van der Waals surface area contributed by atoms with Crippen LogP contribution in [-0.2, 0) is 28.6 Å². The van der Waals surface area contributed by atoms with Crippen LogP contribution in [0.4, 0.5) is 0 Å². The van der Waals surface area contributed by atoms with Gasteiger partial charge in [-0.1, -0.05) is 11.2 Å². The van der Waals surface area contributed by atoms with Gasteiger partial charge in [0, 0.05) is 25.2 Å². The van der Waals surface area contributed by atoms with E-state index >= 15 is 0 Å². The molecule has 1 aliphatic rings. The van der Waals surface area contributed by atoms with E-state index in [1.54, 1.807) is 0 Å². The topological polar surface area (TPSA) is 128 Å². The number of hydrogen-bond acceptors (Lipinski definition) is 7. The van der Waals surface area contributed by atoms with Gasteiger partial charge in [0.1, 0.15) is 6.10 Å². The smallest absolute Gasteiger partial charge is 0.354 e. The van der Waals surface area contributed by atoms with Crippen molar-refractivity contribution in [3.05, 3.63) is 22.6 Å². The molecule has 21 heavy (non-hydrogen) atoms. The first kappa shape index (κ1) is 16.5. The van der Waals surface area contributed by atoms with E-state index in [1.165, 1.54) is 19.1 Å². The van der Waals surface area contributed by atoms with Crippen LogP contribution in [0.5, 0.6) is 0 Å². The van der Waals surface area contributed by atoms with Crippen LogP contribution in [0.15, 0.2) is 17.3 Å². The van der Waals surface area contributed by atoms with Crippen molar-refractivity contribution in [2.24, 2.45) is 5.11 Å². The molecule has 0 bridgehead atoms. The maximum Gasteiger partial charge on any atom is 0.354 e. The Bertz CT molecular complexity index is 525. The minimum absolute atomic E-state index is 0.195. The van der Waals surface area contributed by atoms with Crippen molar-refractivity contribution in [1.82, 2.24) is 0 Å². The van der Waals surface area contributed by atoms with Crippen molar-refractivity contribution in [3.8, 4) is 0 Å². The van der Waals surface area contributed by atoms with Gasteiger partial charge in [0.15, 0.2) is 0 Å². The Hall–Kier alpha value is -2.54. The summed E-state index contributed by atoms with van der Waals surface area (Å²) in [5.74, 6) is -2.13. The molecule has 0 radical (unpaired) electrons. The van der Waals surface area contributed by atoms with Crippen molar-refractivity contribution < 1.29 is 28.6 Å². The Balaban J connectivity index is 3.19. The second-order valence-electron chi connectivity index (χ2n) is 4.38. The second-order valence-corrected chi connectivity index (χ2v) is 4.38. The molecule has 0 aliphatic heterocycles. The maximum absolute atomic E-state index is 11.9. The third kappa shape index (κ3) is 3.96. The molecule has 9 nitrogen and oxygen atoms in total. The highest BCUT2D eigenvalue weighted by molar-refractivity contribution is 5.85. The number of rotatable bonds is 4. The predicted octanol–water partition coefficient (Wildman–Crippen LogP) is 1.03. The van der Waals surface area contributed by atoms with Gasteiger partial charge < -0.3 is 14.2 Å². The molecule has 114 valence electrons. The fraction of sp³-hybridized carbons (Fsp3) is 0.583. The van der Waals surface area contributed by atoms with Gasteiger partial charge in [-0.15, -0.1) is 0 Å². The number of ether oxygens (including phenoxy) is 3. The van der Waals surface area contributed by atoms with Crippen LogP contribution in [0.1, 0.15) is 20.3 Å². The lowest BCUT2D eigenvalue weighted by molar-refractivity contribution is -0.179. The minimum Gasteiger partial charge on any atom is -0.466 e. The van der Waals surface area contributed by atoms with E-state index in [0.29, 0.717) is 0 Å². The molecule has 1 rings (SSSR count). The molecule has 0 fully saturated rings. The SMILES string of the molecule is COC(=O)[C@]1(OC(C)=O)C=C[C@H](N=[N+]=[N-])[C@H](OC(C)=O)C1. The van der Waals surface area contributed by atoms with Crippen molar-refractivity contribution in [3.63, 3.8) is 0 Å². The second kappa shape index (κ2) is 6.76. The van der Waals surface area contributed by atoms with Gasteiger partial charge in [0.2, 0.25) is 5.60 Å². The summed E-state index contributed by atoms with van der Waals surface area (Å²) in [6.07, 6.45) is 1.48. The summed E-state index contributed by atoms with van der Waals surface area (Å²) in [6.45, 7) is 2.32. The summed E-state index contributed by atoms with van der Waals surface area (Å²) in [5.41, 5.74) is 6.80. The number of methoxy groups -OCH3 is 1. The van der Waals surface area contributed by atoms with E-state index in [-0.39, 0.29) is 6.42 Å². The summed E-state index contributed by atoms with van der Waals surface area (Å²) >= 11 is 0. The fourth-order valence-electron chi connectivity index (χ4n) is 2.06. The Morgan fingerprint density at radius 3 is 2.48 bits per heavy atom. The minimum atomic E-state index is -1.71. The number of carbonyl (C=O) groups excluding carboxylic acids is 3. The molecule has 0 heterocycles. The average Bonchev–Trinajstić information content (AvgIpc) is 2.39. The van der Waals surface area contributed by atoms with E-state index in [0.717, 1.165) is 14.0 Å². The lowest BCUT2D eigenvalue weighted by atomic mass is 9.86. The Morgan fingerprint density at radius 2 is 2.00 bits per heavy atom. The van der Waals surface area contributed by atoms with Crippen LogP contribution in [0.25, 0.3) is 10.4 Å². The molecule has 0 aromatic rings. The molecule has 0 aromatic carbocycles. The average molecular weight is 297 g/mol. The Kier molecular flexibility index (Phi) is 5.31. The molecule has 0 saturated carbocycles. The third-order valence-corrected chi connectivity index (χ3v) is 2.81. The molecular weight excluding hydrogens is 282 g/mol. The van der Waals surface area contributed by atoms with Crippen molar-refractivity contribution in [2.75, 3.05) is 7.11 Å². The van der Waals surface area contributed by atoms with Gasteiger partial charge in [0.25, 0.3) is 0 Å². The summed E-state index contributed by atoms with van der Waals surface area (Å²) in [4.78, 5) is 36.9. The normalized spacial score (nSPS) is 27.2. The van der Waals surface area contributed by atoms with Gasteiger partial charge >= 0.3 is 17.9 Å². The highest BCUT2D eigenvalue weighted by atomic mass is 16.6. The molecule has 0 N–H and O–H groups in total. The van der Waals surface area contributed by atoms with Crippen molar-refractivity contribution in [2.45, 2.75) is 38.0 Å². The molecule has 1 aliphatic carbocycles. The molecule has 0 spiro atoms. The number of carbonyl (C=O) groups is 3. The first-order valence-electron chi connectivity index (χ1n) is 6.03. The van der Waals surface area contributed by atoms with Gasteiger partial charge in [0.05, 0.1) is 13.2 Å². The van der Waals surface area contributed by atoms with Crippen LogP contribution in [0, 0.1) is 0 Å². The zero-order valence-corrected chi connectivity index (χ0v) is 11.8. The summed E-state index contributed by atoms with van der Waals surface area (Å²) < 4.78 is 14.7. The molecule has 0 saturated heterocycles. The van der Waals surface area contributed by atoms with Crippen molar-refractivity contribution >= 4 is 17.9 Å². The quantitative estimate of drug-likeness (QED) is 0.190. The van der Waals surface area contributed by atoms with E-state index in [2.05, 4.69) is 14.8 Å². The number of azide groups is 1. The Morgan fingerprint density at radius 1 is 1.33 bits per heavy atom. The summed E-state index contributed by atoms with van der Waals surface area (Å²) in [7, 11) is 1.14. The first-order valence-corrected chi connectivity index (χ1v) is 6.03. The van der Waals surface area contributed by atoms with E-state index < -0.39 is 35.7 Å². The lowest BCUT2D eigenvalue weighted by Crippen LogP contribution is -2.50. The van der Waals surface area contributed by atoms with Crippen LogP contribution in [-0.4, -0.2) is 42.8 Å². The van der Waals surface area contributed by atoms with Crippen LogP contribution in [0.3, 0.4) is 0 Å². The van der Waals surface area contributed by atoms with E-state index in [4.69, 9.17) is 15.0 Å². The molecule has 3 atom stereocenters. The predicted molar refractivity (Wildman–Crippen MR) is 68.8 cm³/mol. The van der Waals surface area contributed by atoms with E-state index in [1.807, 2.05) is 0 Å². The number of esters is 3. The maximum atomic E-state index is 11.9. The van der Waals surface area contributed by atoms with Gasteiger partial charge in [-0.25, -0.2) is 4.79 Å². The molecule has 0 amide bonds. The highest BCUT2D eigenvalue weighted by Gasteiger charge is 2.48. The van der Waals surface area contributed by atoms with E-state index in [9.17, 15) is 14.4 Å². The van der Waals surface area contributed by atoms with Crippen LogP contribution in [0.2, 0.25) is 0 Å². The molecular formula is C12H15N3O6. The first-order chi connectivity index (χ1) is 9.84. The zero-order valence-electron chi connectivity index (χ0n) is 11.8.